The summed E-state index contributed by atoms with van der Waals surface area (Å²) in [4.78, 5) is 44.4. The summed E-state index contributed by atoms with van der Waals surface area (Å²) in [5.41, 5.74) is -0.489. The first kappa shape index (κ1) is 27.4. The Morgan fingerprint density at radius 3 is 2.37 bits per heavy atom. The molecule has 1 aliphatic heterocycles. The summed E-state index contributed by atoms with van der Waals surface area (Å²) in [6.45, 7) is 2.23. The van der Waals surface area contributed by atoms with E-state index in [1.54, 1.807) is 4.57 Å². The van der Waals surface area contributed by atoms with Crippen LogP contribution in [0.2, 0.25) is 0 Å². The van der Waals surface area contributed by atoms with Gasteiger partial charge in [-0.25, -0.2) is 14.2 Å². The lowest BCUT2D eigenvalue weighted by atomic mass is 9.79. The summed E-state index contributed by atoms with van der Waals surface area (Å²) >= 11 is 1.86. The van der Waals surface area contributed by atoms with E-state index in [1.165, 1.54) is 29.9 Å². The van der Waals surface area contributed by atoms with E-state index >= 15 is 0 Å². The third-order valence-electron chi connectivity index (χ3n) is 9.07. The molecule has 2 saturated carbocycles. The van der Waals surface area contributed by atoms with Crippen LogP contribution in [0, 0.1) is 17.7 Å². The van der Waals surface area contributed by atoms with Crippen molar-refractivity contribution in [1.82, 2.24) is 19.4 Å². The Hall–Kier alpha value is -2.16. The van der Waals surface area contributed by atoms with Gasteiger partial charge in [0.2, 0.25) is 5.91 Å². The lowest BCUT2D eigenvalue weighted by Crippen LogP contribution is -2.47. The number of halogens is 1. The van der Waals surface area contributed by atoms with Crippen molar-refractivity contribution in [3.05, 3.63) is 38.9 Å². The molecular formula is C29H41FN4O3S. The van der Waals surface area contributed by atoms with Crippen LogP contribution in [-0.4, -0.2) is 37.6 Å². The van der Waals surface area contributed by atoms with E-state index in [4.69, 9.17) is 0 Å². The summed E-state index contributed by atoms with van der Waals surface area (Å²) in [5, 5.41) is 3.45. The van der Waals surface area contributed by atoms with Gasteiger partial charge in [0.1, 0.15) is 11.5 Å². The minimum absolute atomic E-state index is 0.0382. The van der Waals surface area contributed by atoms with E-state index in [1.807, 2.05) is 11.8 Å². The van der Waals surface area contributed by atoms with Crippen molar-refractivity contribution >= 4 is 28.7 Å². The van der Waals surface area contributed by atoms with Crippen LogP contribution in [0.3, 0.4) is 0 Å². The molecule has 0 atom stereocenters. The number of hydrogen-bond donors (Lipinski definition) is 1. The highest BCUT2D eigenvalue weighted by Gasteiger charge is 2.32. The van der Waals surface area contributed by atoms with Crippen LogP contribution in [0.4, 0.5) is 4.39 Å². The number of carbonyl (C=O) groups excluding carboxylic acids is 1. The third kappa shape index (κ3) is 5.87. The quantitative estimate of drug-likeness (QED) is 0.507. The van der Waals surface area contributed by atoms with Crippen molar-refractivity contribution in [2.24, 2.45) is 11.8 Å². The molecule has 38 heavy (non-hydrogen) atoms. The summed E-state index contributed by atoms with van der Waals surface area (Å²) in [6, 6.07) is 1.000. The Bertz CT molecular complexity index is 1240. The Morgan fingerprint density at radius 2 is 1.68 bits per heavy atom. The third-order valence-corrected chi connectivity index (χ3v) is 10.1. The first-order valence-electron chi connectivity index (χ1n) is 14.7. The molecular weight excluding hydrogens is 503 g/mol. The molecule has 3 aliphatic rings. The van der Waals surface area contributed by atoms with Gasteiger partial charge in [0.25, 0.3) is 5.56 Å². The predicted molar refractivity (Wildman–Crippen MR) is 150 cm³/mol. The molecule has 2 aromatic heterocycles. The Kier molecular flexibility index (Phi) is 8.91. The van der Waals surface area contributed by atoms with Crippen molar-refractivity contribution in [1.29, 1.82) is 0 Å². The Balaban J connectivity index is 1.28. The molecule has 0 spiro atoms. The smallest absolute Gasteiger partial charge is 0.333 e. The lowest BCUT2D eigenvalue weighted by Gasteiger charge is -2.33. The van der Waals surface area contributed by atoms with Crippen molar-refractivity contribution < 1.29 is 9.18 Å². The summed E-state index contributed by atoms with van der Waals surface area (Å²) in [5.74, 6) is 2.38. The molecule has 9 heteroatoms. The van der Waals surface area contributed by atoms with Crippen LogP contribution in [0.5, 0.6) is 0 Å². The first-order chi connectivity index (χ1) is 18.5. The maximum atomic E-state index is 14.1. The molecule has 0 bridgehead atoms. The van der Waals surface area contributed by atoms with E-state index in [9.17, 15) is 18.8 Å². The molecule has 0 radical (unpaired) electrons. The van der Waals surface area contributed by atoms with Crippen molar-refractivity contribution in [3.8, 4) is 0 Å². The largest absolute Gasteiger partial charge is 0.353 e. The van der Waals surface area contributed by atoms with Crippen LogP contribution in [0.15, 0.2) is 21.9 Å². The number of pyridine rings is 1. The molecule has 2 aliphatic carbocycles. The van der Waals surface area contributed by atoms with Crippen molar-refractivity contribution in [2.45, 2.75) is 109 Å². The fourth-order valence-electron chi connectivity index (χ4n) is 6.80. The topological polar surface area (TPSA) is 86.0 Å². The molecule has 1 N–H and O–H groups in total. The molecule has 1 saturated heterocycles. The van der Waals surface area contributed by atoms with E-state index in [0.717, 1.165) is 75.0 Å². The highest BCUT2D eigenvalue weighted by Crippen LogP contribution is 2.33. The van der Waals surface area contributed by atoms with Crippen molar-refractivity contribution in [3.63, 3.8) is 0 Å². The summed E-state index contributed by atoms with van der Waals surface area (Å²) in [7, 11) is 0. The second kappa shape index (κ2) is 12.3. The number of carbonyl (C=O) groups is 1. The van der Waals surface area contributed by atoms with Crippen LogP contribution in [0.1, 0.15) is 102 Å². The average molecular weight is 545 g/mol. The van der Waals surface area contributed by atoms with Gasteiger partial charge in [-0.2, -0.15) is 11.8 Å². The maximum absolute atomic E-state index is 14.1. The molecule has 2 aromatic rings. The standard InChI is InChI=1S/C29H41FN4O3S/c1-2-3-4-19-5-7-20(8-6-19)27(35)32-22-9-11-23(12-10-22)34-28(36)25-17-21(30)18-31-26(25)33(29(34)37)24-13-15-38-16-14-24/h17-20,22-24H,2-16H2,1H3,(H,32,35)/t19-,20-,22-,23+. The molecule has 0 unspecified atom stereocenters. The number of aromatic nitrogens is 3. The monoisotopic (exact) mass is 544 g/mol. The Labute approximate surface area is 228 Å². The van der Waals surface area contributed by atoms with Gasteiger partial charge in [0, 0.05) is 24.0 Å². The van der Waals surface area contributed by atoms with Crippen LogP contribution in [-0.2, 0) is 4.79 Å². The maximum Gasteiger partial charge on any atom is 0.333 e. The van der Waals surface area contributed by atoms with E-state index in [2.05, 4.69) is 17.2 Å². The zero-order valence-corrected chi connectivity index (χ0v) is 23.3. The molecule has 208 valence electrons. The van der Waals surface area contributed by atoms with Gasteiger partial charge < -0.3 is 5.32 Å². The zero-order chi connectivity index (χ0) is 26.6. The predicted octanol–water partition coefficient (Wildman–Crippen LogP) is 5.36. The van der Waals surface area contributed by atoms with Crippen LogP contribution in [0.25, 0.3) is 11.0 Å². The highest BCUT2D eigenvalue weighted by molar-refractivity contribution is 7.99. The number of thioether (sulfide) groups is 1. The van der Waals surface area contributed by atoms with Gasteiger partial charge in [-0.3, -0.25) is 18.7 Å². The number of amides is 1. The number of fused-ring (bicyclic) bond motifs is 1. The minimum atomic E-state index is -0.573. The number of rotatable bonds is 7. The number of nitrogens with one attached hydrogen (secondary N) is 1. The first-order valence-corrected chi connectivity index (χ1v) is 15.8. The van der Waals surface area contributed by atoms with E-state index < -0.39 is 11.4 Å². The molecule has 5 rings (SSSR count). The number of nitrogens with zero attached hydrogens (tertiary/aromatic N) is 3. The van der Waals surface area contributed by atoms with Crippen molar-refractivity contribution in [2.75, 3.05) is 11.5 Å². The Morgan fingerprint density at radius 1 is 1.00 bits per heavy atom. The van der Waals surface area contributed by atoms with Crippen LogP contribution < -0.4 is 16.6 Å². The minimum Gasteiger partial charge on any atom is -0.353 e. The van der Waals surface area contributed by atoms with Gasteiger partial charge in [-0.05, 0) is 87.7 Å². The van der Waals surface area contributed by atoms with Gasteiger partial charge in [-0.1, -0.05) is 26.2 Å². The molecule has 0 aromatic carbocycles. The van der Waals surface area contributed by atoms with Gasteiger partial charge in [0.05, 0.1) is 11.6 Å². The summed E-state index contributed by atoms with van der Waals surface area (Å²) < 4.78 is 17.1. The molecule has 7 nitrogen and oxygen atoms in total. The zero-order valence-electron chi connectivity index (χ0n) is 22.5. The summed E-state index contributed by atoms with van der Waals surface area (Å²) in [6.07, 6.45) is 13.5. The normalized spacial score (nSPS) is 26.9. The van der Waals surface area contributed by atoms with Gasteiger partial charge in [0.15, 0.2) is 0 Å². The fourth-order valence-corrected chi connectivity index (χ4v) is 7.88. The second-order valence-electron chi connectivity index (χ2n) is 11.6. The molecule has 1 amide bonds. The van der Waals surface area contributed by atoms with Gasteiger partial charge in [-0.15, -0.1) is 0 Å². The second-order valence-corrected chi connectivity index (χ2v) is 12.8. The van der Waals surface area contributed by atoms with E-state index in [0.29, 0.717) is 18.5 Å². The number of hydrogen-bond acceptors (Lipinski definition) is 5. The van der Waals surface area contributed by atoms with E-state index in [-0.39, 0.29) is 41.0 Å². The lowest BCUT2D eigenvalue weighted by molar-refractivity contribution is -0.127. The SMILES string of the molecule is CCCC[C@H]1CC[C@H](C(=O)N[C@H]2CC[C@@H](n3c(=O)c4cc(F)cnc4n(C4CCSCC4)c3=O)CC2)CC1. The average Bonchev–Trinajstić information content (AvgIpc) is 2.94. The molecule has 3 heterocycles. The van der Waals surface area contributed by atoms with Crippen LogP contribution >= 0.6 is 11.8 Å². The highest BCUT2D eigenvalue weighted by atomic mass is 32.2. The number of unbranched alkanes of at least 4 members (excludes halogenated alkanes) is 1. The van der Waals surface area contributed by atoms with Gasteiger partial charge >= 0.3 is 5.69 Å². The fraction of sp³-hybridized carbons (Fsp3) is 0.724. The molecule has 3 fully saturated rings.